The molecule has 4 rings (SSSR count). The second-order valence-corrected chi connectivity index (χ2v) is 13.3. The van der Waals surface area contributed by atoms with Crippen LogP contribution < -0.4 is 15.5 Å². The Kier molecular flexibility index (Phi) is 11.1. The van der Waals surface area contributed by atoms with Crippen molar-refractivity contribution >= 4 is 58.8 Å². The molecule has 0 saturated heterocycles. The van der Waals surface area contributed by atoms with E-state index in [0.29, 0.717) is 39.4 Å². The molecule has 0 heterocycles. The Hall–Kier alpha value is -3.77. The average Bonchev–Trinajstić information content (AvgIpc) is 3.02. The molecular formula is C32H36F2N4O4S2. The zero-order valence-corrected chi connectivity index (χ0v) is 26.5. The van der Waals surface area contributed by atoms with Gasteiger partial charge in [0.15, 0.2) is 12.3 Å². The fourth-order valence-electron chi connectivity index (χ4n) is 5.49. The zero-order valence-electron chi connectivity index (χ0n) is 24.8. The van der Waals surface area contributed by atoms with E-state index in [9.17, 15) is 26.9 Å². The van der Waals surface area contributed by atoms with Gasteiger partial charge in [0, 0.05) is 37.4 Å². The van der Waals surface area contributed by atoms with E-state index in [2.05, 4.69) is 0 Å². The van der Waals surface area contributed by atoms with Crippen molar-refractivity contribution in [2.24, 2.45) is 5.92 Å². The number of nitrogens with zero attached hydrogens (tertiary/aromatic N) is 3. The maximum Gasteiger partial charge on any atom is 0.234 e. The summed E-state index contributed by atoms with van der Waals surface area (Å²) in [6.45, 7) is 0. The molecule has 0 aromatic heterocycles. The highest BCUT2D eigenvalue weighted by Crippen LogP contribution is 2.45. The quantitative estimate of drug-likeness (QED) is 0.137. The summed E-state index contributed by atoms with van der Waals surface area (Å²) in [5.74, 6) is -0.298. The molecule has 2 unspecified atom stereocenters. The summed E-state index contributed by atoms with van der Waals surface area (Å²) in [4.78, 5) is 39.9. The Balaban J connectivity index is 1.42. The number of hydrogen-bond acceptors (Lipinski definition) is 7. The van der Waals surface area contributed by atoms with Gasteiger partial charge in [-0.2, -0.15) is 0 Å². The number of halogens is 2. The lowest BCUT2D eigenvalue weighted by atomic mass is 9.69. The summed E-state index contributed by atoms with van der Waals surface area (Å²) in [5, 5.41) is 0. The molecule has 0 aliphatic heterocycles. The van der Waals surface area contributed by atoms with Crippen LogP contribution in [0.25, 0.3) is 0 Å². The SMILES string of the molecule is CN(SF)C(=O)CCC(C=O)N(C)c1ccc(C2CC(Cc3cccc(S(=O)c4ccc(N)c(F)c4)c3)C2)cc1N(C)C=O. The van der Waals surface area contributed by atoms with Crippen molar-refractivity contribution < 1.29 is 26.9 Å². The van der Waals surface area contributed by atoms with Gasteiger partial charge in [-0.15, -0.1) is 3.89 Å². The molecule has 1 aliphatic rings. The molecule has 8 nitrogen and oxygen atoms in total. The van der Waals surface area contributed by atoms with Crippen LogP contribution in [0.4, 0.5) is 25.3 Å². The maximum absolute atomic E-state index is 13.9. The molecule has 12 heteroatoms. The number of nitrogen functional groups attached to an aromatic ring is 1. The van der Waals surface area contributed by atoms with E-state index in [1.165, 1.54) is 24.1 Å². The highest BCUT2D eigenvalue weighted by atomic mass is 32.2. The second-order valence-electron chi connectivity index (χ2n) is 11.1. The summed E-state index contributed by atoms with van der Waals surface area (Å²) in [6.07, 6.45) is 4.36. The Bertz CT molecular complexity index is 1540. The number of carbonyl (C=O) groups excluding carboxylic acids is 3. The van der Waals surface area contributed by atoms with E-state index in [0.717, 1.165) is 41.0 Å². The van der Waals surface area contributed by atoms with Crippen LogP contribution in [0.2, 0.25) is 0 Å². The zero-order chi connectivity index (χ0) is 32.0. The van der Waals surface area contributed by atoms with Crippen molar-refractivity contribution in [3.63, 3.8) is 0 Å². The summed E-state index contributed by atoms with van der Waals surface area (Å²) in [7, 11) is 3.19. The molecule has 2 N–H and O–H groups in total. The molecule has 1 saturated carbocycles. The van der Waals surface area contributed by atoms with Gasteiger partial charge in [0.1, 0.15) is 12.1 Å². The lowest BCUT2D eigenvalue weighted by molar-refractivity contribution is -0.125. The molecule has 0 radical (unpaired) electrons. The number of aldehydes is 1. The number of anilines is 3. The van der Waals surface area contributed by atoms with Crippen LogP contribution in [0.3, 0.4) is 0 Å². The number of rotatable bonds is 14. The van der Waals surface area contributed by atoms with Crippen LogP contribution in [0.15, 0.2) is 70.5 Å². The van der Waals surface area contributed by atoms with Crippen LogP contribution >= 0.6 is 12.3 Å². The van der Waals surface area contributed by atoms with E-state index < -0.39 is 28.6 Å². The minimum absolute atomic E-state index is 0.000313. The van der Waals surface area contributed by atoms with Crippen molar-refractivity contribution in [3.05, 3.63) is 77.6 Å². The van der Waals surface area contributed by atoms with E-state index >= 15 is 0 Å². The van der Waals surface area contributed by atoms with Gasteiger partial charge in [0.2, 0.25) is 12.3 Å². The summed E-state index contributed by atoms with van der Waals surface area (Å²) < 4.78 is 40.6. The van der Waals surface area contributed by atoms with Gasteiger partial charge < -0.3 is 20.3 Å². The van der Waals surface area contributed by atoms with Crippen molar-refractivity contribution in [3.8, 4) is 0 Å². The first-order valence-corrected chi connectivity index (χ1v) is 16.0. The number of carbonyl (C=O) groups is 3. The molecule has 2 amide bonds. The third kappa shape index (κ3) is 7.65. The fourth-order valence-corrected chi connectivity index (χ4v) is 6.79. The first-order chi connectivity index (χ1) is 21.1. The van der Waals surface area contributed by atoms with Crippen molar-refractivity contribution in [1.29, 1.82) is 0 Å². The molecule has 3 aromatic rings. The largest absolute Gasteiger partial charge is 0.396 e. The van der Waals surface area contributed by atoms with Crippen LogP contribution in [0.1, 0.15) is 42.7 Å². The topological polar surface area (TPSA) is 104 Å². The number of likely N-dealkylation sites (N-methyl/N-ethyl adjacent to an activating group) is 1. The van der Waals surface area contributed by atoms with Crippen LogP contribution in [0.5, 0.6) is 0 Å². The van der Waals surface area contributed by atoms with Gasteiger partial charge in [-0.05, 0) is 91.1 Å². The molecule has 1 fully saturated rings. The molecule has 2 atom stereocenters. The van der Waals surface area contributed by atoms with Gasteiger partial charge in [-0.3, -0.25) is 13.9 Å². The van der Waals surface area contributed by atoms with E-state index in [-0.39, 0.29) is 30.9 Å². The Morgan fingerprint density at radius 1 is 1.05 bits per heavy atom. The van der Waals surface area contributed by atoms with Crippen LogP contribution in [-0.4, -0.2) is 54.3 Å². The molecule has 1 aliphatic carbocycles. The van der Waals surface area contributed by atoms with Crippen LogP contribution in [-0.2, 0) is 31.6 Å². The fraction of sp³-hybridized carbons (Fsp3) is 0.344. The molecular weight excluding hydrogens is 607 g/mol. The summed E-state index contributed by atoms with van der Waals surface area (Å²) in [6, 6.07) is 17.0. The standard InChI is InChI=1S/C32H36F2N4O4S2/c1-36(20-40)31-17-23(7-11-30(31)37(2)25(19-39)8-12-32(41)38(3)43-34)24-14-22(15-24)13-21-5-4-6-26(16-21)44(42)27-9-10-29(35)28(33)18-27/h4-7,9-11,16-20,22,24-25H,8,12-15,35H2,1-3H3. The monoisotopic (exact) mass is 642 g/mol. The van der Waals surface area contributed by atoms with Gasteiger partial charge in [0.25, 0.3) is 0 Å². The number of benzene rings is 3. The average molecular weight is 643 g/mol. The first kappa shape index (κ1) is 33.1. The maximum atomic E-state index is 13.9. The van der Waals surface area contributed by atoms with E-state index in [1.807, 2.05) is 36.4 Å². The van der Waals surface area contributed by atoms with Gasteiger partial charge in [0.05, 0.1) is 33.9 Å². The highest BCUT2D eigenvalue weighted by molar-refractivity contribution is 7.92. The minimum atomic E-state index is -1.53. The molecule has 0 bridgehead atoms. The third-order valence-electron chi connectivity index (χ3n) is 8.21. The molecule has 3 aromatic carbocycles. The Morgan fingerprint density at radius 2 is 1.77 bits per heavy atom. The van der Waals surface area contributed by atoms with E-state index in [4.69, 9.17) is 5.73 Å². The van der Waals surface area contributed by atoms with Crippen molar-refractivity contribution in [2.75, 3.05) is 36.7 Å². The summed E-state index contributed by atoms with van der Waals surface area (Å²) >= 11 is -0.171. The smallest absolute Gasteiger partial charge is 0.234 e. The highest BCUT2D eigenvalue weighted by Gasteiger charge is 2.31. The van der Waals surface area contributed by atoms with Crippen molar-refractivity contribution in [1.82, 2.24) is 4.31 Å². The predicted molar refractivity (Wildman–Crippen MR) is 171 cm³/mol. The second kappa shape index (κ2) is 14.8. The van der Waals surface area contributed by atoms with Gasteiger partial charge in [-0.1, -0.05) is 18.2 Å². The summed E-state index contributed by atoms with van der Waals surface area (Å²) in [5.41, 5.74) is 9.03. The first-order valence-electron chi connectivity index (χ1n) is 14.2. The Morgan fingerprint density at radius 3 is 2.43 bits per heavy atom. The van der Waals surface area contributed by atoms with Gasteiger partial charge >= 0.3 is 0 Å². The van der Waals surface area contributed by atoms with Crippen molar-refractivity contribution in [2.45, 2.75) is 53.9 Å². The van der Waals surface area contributed by atoms with E-state index in [1.54, 1.807) is 31.1 Å². The molecule has 44 heavy (non-hydrogen) atoms. The molecule has 234 valence electrons. The number of amides is 2. The number of hydrogen-bond donors (Lipinski definition) is 1. The van der Waals surface area contributed by atoms with Crippen LogP contribution in [0, 0.1) is 11.7 Å². The molecule has 0 spiro atoms. The Labute approximate surface area is 263 Å². The lowest BCUT2D eigenvalue weighted by Crippen LogP contribution is -2.35. The number of nitrogens with two attached hydrogens (primary N) is 1. The lowest BCUT2D eigenvalue weighted by Gasteiger charge is -2.37. The normalized spacial score (nSPS) is 17.2. The minimum Gasteiger partial charge on any atom is -0.396 e. The predicted octanol–water partition coefficient (Wildman–Crippen LogP) is 5.68. The third-order valence-corrected chi connectivity index (χ3v) is 9.99. The van der Waals surface area contributed by atoms with Gasteiger partial charge in [-0.25, -0.2) is 8.60 Å².